The lowest BCUT2D eigenvalue weighted by molar-refractivity contribution is -0.407. The number of carboxylic acid groups (broad SMARTS) is 1. The van der Waals surface area contributed by atoms with Crippen molar-refractivity contribution in [3.63, 3.8) is 0 Å². The molecular formula is C33H62N10O7+2. The Morgan fingerprint density at radius 3 is 2.02 bits per heavy atom. The molecule has 3 fully saturated rings. The molecule has 14 N–H and O–H groups in total. The molecule has 17 heteroatoms. The lowest BCUT2D eigenvalue weighted by Gasteiger charge is -2.34. The van der Waals surface area contributed by atoms with E-state index in [2.05, 4.69) is 27.4 Å². The van der Waals surface area contributed by atoms with Crippen LogP contribution in [0.25, 0.3) is 0 Å². The molecule has 3 aliphatic heterocycles. The second-order valence-electron chi connectivity index (χ2n) is 14.0. The predicted octanol–water partition coefficient (Wildman–Crippen LogP) is -3.35. The number of aliphatic carboxylic acids is 1. The highest BCUT2D eigenvalue weighted by atomic mass is 16.4. The van der Waals surface area contributed by atoms with Gasteiger partial charge >= 0.3 is 5.97 Å². The summed E-state index contributed by atoms with van der Waals surface area (Å²) in [7, 11) is 0. The highest BCUT2D eigenvalue weighted by Gasteiger charge is 2.45. The van der Waals surface area contributed by atoms with E-state index >= 15 is 0 Å². The molecule has 284 valence electrons. The third-order valence-corrected chi connectivity index (χ3v) is 10.3. The molecule has 0 unspecified atom stereocenters. The lowest BCUT2D eigenvalue weighted by atomic mass is 9.96. The van der Waals surface area contributed by atoms with Crippen LogP contribution in [0, 0.1) is 5.92 Å². The van der Waals surface area contributed by atoms with Crippen molar-refractivity contribution in [1.82, 2.24) is 30.7 Å². The van der Waals surface area contributed by atoms with E-state index in [9.17, 15) is 33.9 Å². The molecule has 3 rings (SSSR count). The number of nitrogens with zero attached hydrogens (tertiary/aromatic N) is 3. The first-order chi connectivity index (χ1) is 23.8. The van der Waals surface area contributed by atoms with Gasteiger partial charge < -0.3 is 53.4 Å². The molecule has 0 aromatic carbocycles. The van der Waals surface area contributed by atoms with E-state index < -0.39 is 66.2 Å². The minimum Gasteiger partial charge on any atom is -0.480 e. The van der Waals surface area contributed by atoms with Crippen molar-refractivity contribution in [2.45, 2.75) is 133 Å². The number of hydrogen-bond acceptors (Lipinski definition) is 9. The fourth-order valence-electron chi connectivity index (χ4n) is 7.22. The summed E-state index contributed by atoms with van der Waals surface area (Å²) in [5.74, 6) is -3.26. The number of hydrogen-bond donors (Lipinski definition) is 8. The van der Waals surface area contributed by atoms with Gasteiger partial charge in [0, 0.05) is 26.1 Å². The maximum absolute atomic E-state index is 14.1. The standard InChI is InChI=1S/C33H60N10O7/c1-3-20(2)26(31(48)42-18-8-13-24(42)30(47)43-19-9-14-25(43)32(49)50)40-27(44)22(11-4-5-15-34)39-28(45)23-12-7-17-41(23)29(46)21(35)10-6-16-38-33(36)37/h20-26,33,38H,3-19,34-37H2,1-2H3,(H,39,45)(H,40,44)(H,49,50)/p+2/t20-,21-,22-,23-,24-,25-,26-/m0/s1. The van der Waals surface area contributed by atoms with Gasteiger partial charge in [-0.15, -0.1) is 0 Å². The smallest absolute Gasteiger partial charge is 0.326 e. The maximum Gasteiger partial charge on any atom is 0.326 e. The predicted molar refractivity (Wildman–Crippen MR) is 183 cm³/mol. The average Bonchev–Trinajstić information content (AvgIpc) is 3.88. The Kier molecular flexibility index (Phi) is 16.3. The van der Waals surface area contributed by atoms with Crippen LogP contribution in [0.3, 0.4) is 0 Å². The van der Waals surface area contributed by atoms with Crippen molar-refractivity contribution >= 4 is 35.5 Å². The van der Waals surface area contributed by atoms with E-state index in [1.807, 2.05) is 13.8 Å². The Labute approximate surface area is 294 Å². The van der Waals surface area contributed by atoms with Gasteiger partial charge in [-0.2, -0.15) is 0 Å². The monoisotopic (exact) mass is 710 g/mol. The molecule has 0 saturated carbocycles. The molecule has 7 atom stereocenters. The summed E-state index contributed by atoms with van der Waals surface area (Å²) in [6.45, 7) is 6.01. The van der Waals surface area contributed by atoms with Crippen LogP contribution in [0.2, 0.25) is 0 Å². The van der Waals surface area contributed by atoms with Crippen LogP contribution < -0.4 is 38.9 Å². The van der Waals surface area contributed by atoms with Crippen molar-refractivity contribution in [2.75, 3.05) is 32.7 Å². The maximum atomic E-state index is 14.1. The molecule has 3 saturated heterocycles. The Hall–Kier alpha value is -3.38. The van der Waals surface area contributed by atoms with Gasteiger partial charge in [0.1, 0.15) is 36.5 Å². The molecule has 17 nitrogen and oxygen atoms in total. The number of carbonyl (C=O) groups excluding carboxylic acids is 5. The molecule has 0 aromatic rings. The van der Waals surface area contributed by atoms with Crippen molar-refractivity contribution in [3.05, 3.63) is 0 Å². The Morgan fingerprint density at radius 1 is 0.820 bits per heavy atom. The van der Waals surface area contributed by atoms with Gasteiger partial charge in [0.2, 0.25) is 23.6 Å². The van der Waals surface area contributed by atoms with E-state index in [1.165, 1.54) is 9.80 Å². The van der Waals surface area contributed by atoms with Crippen molar-refractivity contribution in [1.29, 1.82) is 0 Å². The normalized spacial score (nSPS) is 23.1. The zero-order valence-electron chi connectivity index (χ0n) is 29.9. The number of rotatable bonds is 19. The van der Waals surface area contributed by atoms with Crippen molar-refractivity contribution in [2.24, 2.45) is 17.4 Å². The molecular weight excluding hydrogens is 648 g/mol. The van der Waals surface area contributed by atoms with Crippen LogP contribution in [0.15, 0.2) is 0 Å². The molecule has 0 aromatic heterocycles. The van der Waals surface area contributed by atoms with Crippen LogP contribution >= 0.6 is 0 Å². The van der Waals surface area contributed by atoms with Gasteiger partial charge in [-0.25, -0.2) is 4.79 Å². The number of carbonyl (C=O) groups is 6. The highest BCUT2D eigenvalue weighted by Crippen LogP contribution is 2.27. The van der Waals surface area contributed by atoms with Crippen molar-refractivity contribution in [3.8, 4) is 0 Å². The summed E-state index contributed by atoms with van der Waals surface area (Å²) in [5, 5.41) is 18.3. The van der Waals surface area contributed by atoms with Crippen molar-refractivity contribution < 1.29 is 45.3 Å². The second-order valence-corrected chi connectivity index (χ2v) is 14.0. The van der Waals surface area contributed by atoms with Gasteiger partial charge in [-0.1, -0.05) is 20.3 Å². The number of quaternary nitrogens is 2. The number of nitrogens with two attached hydrogens (primary N) is 2. The van der Waals surface area contributed by atoms with E-state index in [1.54, 1.807) is 4.90 Å². The fraction of sp³-hybridized carbons (Fsp3) is 0.818. The van der Waals surface area contributed by atoms with Gasteiger partial charge in [0.15, 0.2) is 6.04 Å². The quantitative estimate of drug-likeness (QED) is 0.0487. The summed E-state index contributed by atoms with van der Waals surface area (Å²) in [5.41, 5.74) is 18.9. The molecule has 3 heterocycles. The minimum atomic E-state index is -1.05. The Bertz CT molecular complexity index is 1190. The molecule has 0 aliphatic carbocycles. The van der Waals surface area contributed by atoms with Crippen LogP contribution in [0.1, 0.15) is 90.9 Å². The summed E-state index contributed by atoms with van der Waals surface area (Å²) in [6, 6.07) is -4.91. The molecule has 5 amide bonds. The van der Waals surface area contributed by atoms with E-state index in [-0.39, 0.29) is 17.7 Å². The summed E-state index contributed by atoms with van der Waals surface area (Å²) in [4.78, 5) is 84.8. The topological polar surface area (TPSA) is 276 Å². The molecule has 0 bridgehead atoms. The van der Waals surface area contributed by atoms with Crippen LogP contribution in [-0.2, 0) is 28.8 Å². The number of carboxylic acids is 1. The molecule has 0 spiro atoms. The molecule has 50 heavy (non-hydrogen) atoms. The number of unbranched alkanes of at least 4 members (excludes halogenated alkanes) is 1. The first-order valence-corrected chi connectivity index (χ1v) is 18.4. The Balaban J connectivity index is 1.72. The zero-order valence-corrected chi connectivity index (χ0v) is 29.9. The summed E-state index contributed by atoms with van der Waals surface area (Å²) < 4.78 is 0. The van der Waals surface area contributed by atoms with Gasteiger partial charge in [-0.3, -0.25) is 29.3 Å². The second kappa shape index (κ2) is 19.9. The van der Waals surface area contributed by atoms with E-state index in [4.69, 9.17) is 11.5 Å². The SMILES string of the molecule is CC[C@H](C)[C@H](NC(=O)[C@H](CCCC[NH3+])NC(=O)[C@@H]1CCCN1C(=O)[C@@H]([NH3+])CCCNC(N)N)C(=O)N1CCC[C@H]1C(=O)N1CCC[C@H]1C(=O)O. The summed E-state index contributed by atoms with van der Waals surface area (Å²) >= 11 is 0. The zero-order chi connectivity index (χ0) is 37.0. The Morgan fingerprint density at radius 2 is 1.42 bits per heavy atom. The molecule has 0 radical (unpaired) electrons. The number of likely N-dealkylation sites (tertiary alicyclic amines) is 3. The van der Waals surface area contributed by atoms with Crippen LogP contribution in [0.5, 0.6) is 0 Å². The lowest BCUT2D eigenvalue weighted by Crippen LogP contribution is -2.69. The third kappa shape index (κ3) is 10.8. The largest absolute Gasteiger partial charge is 0.480 e. The third-order valence-electron chi connectivity index (χ3n) is 10.3. The fourth-order valence-corrected chi connectivity index (χ4v) is 7.22. The van der Waals surface area contributed by atoms with Crippen LogP contribution in [0.4, 0.5) is 0 Å². The number of amides is 5. The highest BCUT2D eigenvalue weighted by molar-refractivity contribution is 5.96. The first kappa shape index (κ1) is 41.0. The van der Waals surface area contributed by atoms with Gasteiger partial charge in [-0.05, 0) is 76.7 Å². The van der Waals surface area contributed by atoms with Gasteiger partial charge in [0.25, 0.3) is 5.91 Å². The average molecular weight is 711 g/mol. The van der Waals surface area contributed by atoms with E-state index in [0.29, 0.717) is 103 Å². The van der Waals surface area contributed by atoms with E-state index in [0.717, 1.165) is 6.42 Å². The molecule has 3 aliphatic rings. The van der Waals surface area contributed by atoms with Crippen LogP contribution in [-0.4, -0.2) is 131 Å². The summed E-state index contributed by atoms with van der Waals surface area (Å²) in [6.07, 6.45) is 5.78. The number of nitrogens with one attached hydrogen (secondary N) is 3. The van der Waals surface area contributed by atoms with Gasteiger partial charge in [0.05, 0.1) is 6.54 Å². The first-order valence-electron chi connectivity index (χ1n) is 18.4. The minimum absolute atomic E-state index is 0.224.